The van der Waals surface area contributed by atoms with Crippen molar-refractivity contribution < 1.29 is 40.6 Å². The molecule has 0 radical (unpaired) electrons. The zero-order valence-corrected chi connectivity index (χ0v) is 28.3. The van der Waals surface area contributed by atoms with Crippen LogP contribution in [0.5, 0.6) is 0 Å². The van der Waals surface area contributed by atoms with Crippen LogP contribution < -0.4 is 16.6 Å². The van der Waals surface area contributed by atoms with E-state index in [1.54, 1.807) is 6.07 Å². The van der Waals surface area contributed by atoms with Gasteiger partial charge in [-0.25, -0.2) is 18.6 Å². The van der Waals surface area contributed by atoms with Gasteiger partial charge in [-0.15, -0.1) is 0 Å². The number of halogens is 7. The fourth-order valence-electron chi connectivity index (χ4n) is 6.98. The van der Waals surface area contributed by atoms with E-state index in [0.29, 0.717) is 10.7 Å². The molecule has 1 amide bonds. The Morgan fingerprint density at radius 2 is 1.80 bits per heavy atom. The number of carbonyl (C=O) groups is 1. The van der Waals surface area contributed by atoms with E-state index in [1.165, 1.54) is 38.1 Å². The SMILES string of the molecule is CC(C)(O)C#Cc1ccc(-c2cccc3c(=O)[nH]c(=O)[nH]c23)c([C@H](CCc2cc(F)cc(F)c2)NC(=O)Cn2nc(C(F)(F)F)c3c2C(F)(F)[C@@H]2C[C@H]32)n1. The molecule has 0 unspecified atom stereocenters. The Kier molecular flexibility index (Phi) is 8.79. The Morgan fingerprint density at radius 1 is 1.07 bits per heavy atom. The lowest BCUT2D eigenvalue weighted by molar-refractivity contribution is -0.142. The van der Waals surface area contributed by atoms with Crippen LogP contribution in [0.25, 0.3) is 22.0 Å². The second-order valence-electron chi connectivity index (χ2n) is 13.8. The molecule has 0 aliphatic heterocycles. The Balaban J connectivity index is 1.35. The molecule has 0 spiro atoms. The van der Waals surface area contributed by atoms with Crippen molar-refractivity contribution in [2.24, 2.45) is 5.92 Å². The minimum Gasteiger partial charge on any atom is -0.378 e. The summed E-state index contributed by atoms with van der Waals surface area (Å²) in [5.74, 6) is -3.53. The lowest BCUT2D eigenvalue weighted by Gasteiger charge is -2.23. The number of aromatic amines is 2. The van der Waals surface area contributed by atoms with Gasteiger partial charge in [0.15, 0.2) is 5.69 Å². The van der Waals surface area contributed by atoms with E-state index in [2.05, 4.69) is 37.2 Å². The van der Waals surface area contributed by atoms with Gasteiger partial charge in [0.2, 0.25) is 5.91 Å². The molecule has 7 rings (SSSR count). The maximum atomic E-state index is 15.3. The van der Waals surface area contributed by atoms with Gasteiger partial charge in [0.25, 0.3) is 11.5 Å². The van der Waals surface area contributed by atoms with Crippen molar-refractivity contribution >= 4 is 16.8 Å². The van der Waals surface area contributed by atoms with Gasteiger partial charge in [0.1, 0.15) is 35.2 Å². The number of aromatic nitrogens is 5. The van der Waals surface area contributed by atoms with Crippen molar-refractivity contribution in [1.82, 2.24) is 30.0 Å². The molecule has 0 bridgehead atoms. The number of rotatable bonds is 8. The summed E-state index contributed by atoms with van der Waals surface area (Å²) in [6.07, 6.45) is -5.48. The van der Waals surface area contributed by atoms with Gasteiger partial charge < -0.3 is 15.4 Å². The van der Waals surface area contributed by atoms with Crippen LogP contribution in [0.1, 0.15) is 72.6 Å². The van der Waals surface area contributed by atoms with Gasteiger partial charge in [-0.3, -0.25) is 19.3 Å². The number of para-hydroxylation sites is 1. The van der Waals surface area contributed by atoms with Crippen LogP contribution in [-0.4, -0.2) is 41.3 Å². The number of benzene rings is 2. The van der Waals surface area contributed by atoms with Crippen molar-refractivity contribution in [1.29, 1.82) is 0 Å². The molecular weight excluding hydrogens is 725 g/mol. The van der Waals surface area contributed by atoms with Crippen LogP contribution in [0.15, 0.2) is 58.1 Å². The first kappa shape index (κ1) is 36.6. The molecule has 2 aliphatic rings. The van der Waals surface area contributed by atoms with Crippen LogP contribution in [0.4, 0.5) is 30.7 Å². The lowest BCUT2D eigenvalue weighted by atomic mass is 9.94. The summed E-state index contributed by atoms with van der Waals surface area (Å²) in [6, 6.07) is 8.99. The summed E-state index contributed by atoms with van der Waals surface area (Å²) in [5, 5.41) is 16.4. The number of alkyl halides is 5. The van der Waals surface area contributed by atoms with Crippen LogP contribution in [0, 0.1) is 29.4 Å². The highest BCUT2D eigenvalue weighted by molar-refractivity contribution is 5.93. The van der Waals surface area contributed by atoms with Crippen molar-refractivity contribution in [3.05, 3.63) is 115 Å². The fourth-order valence-corrected chi connectivity index (χ4v) is 6.98. The second kappa shape index (κ2) is 13.0. The number of H-pyrrole nitrogens is 2. The summed E-state index contributed by atoms with van der Waals surface area (Å²) in [7, 11) is 0. The van der Waals surface area contributed by atoms with Gasteiger partial charge >= 0.3 is 11.9 Å². The molecule has 2 aromatic carbocycles. The number of fused-ring (bicyclic) bond motifs is 4. The van der Waals surface area contributed by atoms with Gasteiger partial charge in [-0.2, -0.15) is 27.1 Å². The Hall–Kier alpha value is -5.76. The number of amides is 1. The van der Waals surface area contributed by atoms with Gasteiger partial charge in [-0.1, -0.05) is 18.1 Å². The summed E-state index contributed by atoms with van der Waals surface area (Å²) in [5.41, 5.74) is -5.32. The zero-order valence-electron chi connectivity index (χ0n) is 28.3. The topological polar surface area (TPSA) is 146 Å². The maximum absolute atomic E-state index is 15.3. The standard InChI is InChI=1S/C37H29F7N6O4/c1-35(2,54)11-10-20-7-8-22(21-4-3-5-23-29(21)47-34(53)48-33(23)52)30(45-20)26(9-6-17-12-18(38)14-19(39)13-17)46-27(51)16-50-32-28(31(49-50)37(42,43)44)24-15-25(24)36(32,40)41/h3-5,7-8,12-14,24-26,54H,6,9,15-16H2,1-2H3,(H,46,51)(H2,47,48,52,53)/t24-,25+,26-/m0/s1. The van der Waals surface area contributed by atoms with Crippen LogP contribution >= 0.6 is 0 Å². The average Bonchev–Trinajstić information content (AvgIpc) is 3.72. The minimum atomic E-state index is -5.06. The highest BCUT2D eigenvalue weighted by Gasteiger charge is 2.68. The number of hydrogen-bond acceptors (Lipinski definition) is 6. The van der Waals surface area contributed by atoms with Crippen LogP contribution in [-0.2, 0) is 29.9 Å². The first-order valence-electron chi connectivity index (χ1n) is 16.6. The number of pyridine rings is 1. The molecular formula is C37H29F7N6O4. The molecule has 280 valence electrons. The molecule has 1 saturated carbocycles. The number of aliphatic hydroxyl groups is 1. The van der Waals surface area contributed by atoms with E-state index in [0.717, 1.165) is 12.1 Å². The molecule has 17 heteroatoms. The predicted molar refractivity (Wildman–Crippen MR) is 179 cm³/mol. The third kappa shape index (κ3) is 7.00. The van der Waals surface area contributed by atoms with E-state index in [9.17, 15) is 41.4 Å². The predicted octanol–water partition coefficient (Wildman–Crippen LogP) is 5.59. The monoisotopic (exact) mass is 754 g/mol. The van der Waals surface area contributed by atoms with E-state index in [-0.39, 0.29) is 58.2 Å². The Morgan fingerprint density at radius 3 is 2.48 bits per heavy atom. The smallest absolute Gasteiger partial charge is 0.378 e. The molecule has 4 N–H and O–H groups in total. The molecule has 3 aromatic heterocycles. The Labute approximate surface area is 300 Å². The molecule has 5 aromatic rings. The van der Waals surface area contributed by atoms with Gasteiger partial charge in [0.05, 0.1) is 22.6 Å². The van der Waals surface area contributed by atoms with Crippen molar-refractivity contribution in [2.45, 2.75) is 69.3 Å². The normalized spacial score (nSPS) is 17.7. The van der Waals surface area contributed by atoms with E-state index in [1.807, 2.05) is 0 Å². The average molecular weight is 755 g/mol. The quantitative estimate of drug-likeness (QED) is 0.120. The largest absolute Gasteiger partial charge is 0.435 e. The number of aryl methyl sites for hydroxylation is 1. The van der Waals surface area contributed by atoms with Gasteiger partial charge in [0, 0.05) is 28.7 Å². The van der Waals surface area contributed by atoms with E-state index >= 15 is 8.78 Å². The Bertz CT molecular complexity index is 2500. The van der Waals surface area contributed by atoms with E-state index in [4.69, 9.17) is 0 Å². The number of hydrogen-bond donors (Lipinski definition) is 4. The summed E-state index contributed by atoms with van der Waals surface area (Å²) < 4.78 is 101. The summed E-state index contributed by atoms with van der Waals surface area (Å²) in [6.45, 7) is 1.79. The molecule has 1 fully saturated rings. The van der Waals surface area contributed by atoms with Crippen molar-refractivity contribution in [3.8, 4) is 23.0 Å². The number of carbonyl (C=O) groups excluding carboxylic acids is 1. The third-order valence-corrected chi connectivity index (χ3v) is 9.29. The molecule has 3 atom stereocenters. The maximum Gasteiger partial charge on any atom is 0.435 e. The zero-order chi connectivity index (χ0) is 38.9. The molecule has 54 heavy (non-hydrogen) atoms. The van der Waals surface area contributed by atoms with Crippen LogP contribution in [0.3, 0.4) is 0 Å². The van der Waals surface area contributed by atoms with Crippen molar-refractivity contribution in [2.75, 3.05) is 0 Å². The highest BCUT2D eigenvalue weighted by atomic mass is 19.4. The highest BCUT2D eigenvalue weighted by Crippen LogP contribution is 2.68. The first-order valence-corrected chi connectivity index (χ1v) is 16.6. The molecule has 3 heterocycles. The molecule has 2 aliphatic carbocycles. The second-order valence-corrected chi connectivity index (χ2v) is 13.8. The van der Waals surface area contributed by atoms with E-state index < -0.39 is 87.9 Å². The molecule has 0 saturated heterocycles. The molecule has 10 nitrogen and oxygen atoms in total. The summed E-state index contributed by atoms with van der Waals surface area (Å²) >= 11 is 0. The van der Waals surface area contributed by atoms with Crippen molar-refractivity contribution in [3.63, 3.8) is 0 Å². The first-order chi connectivity index (χ1) is 25.3. The minimum absolute atomic E-state index is 0.0182. The summed E-state index contributed by atoms with van der Waals surface area (Å²) in [4.78, 5) is 48.2. The third-order valence-electron chi connectivity index (χ3n) is 9.29. The lowest BCUT2D eigenvalue weighted by Crippen LogP contribution is -2.34. The van der Waals surface area contributed by atoms with Gasteiger partial charge in [-0.05, 0) is 80.8 Å². The fraction of sp³-hybridized carbons (Fsp3) is 0.324. The number of nitrogens with zero attached hydrogens (tertiary/aromatic N) is 3. The number of nitrogens with one attached hydrogen (secondary N) is 3. The van der Waals surface area contributed by atoms with Crippen LogP contribution in [0.2, 0.25) is 0 Å².